The molecule has 0 atom stereocenters. The average Bonchev–Trinajstić information content (AvgIpc) is 2.00. The molecule has 0 aliphatic carbocycles. The molecular weight excluding hydrogens is 140 g/mol. The number of rotatable bonds is 4. The molecule has 3 heteroatoms. The zero-order chi connectivity index (χ0) is 8.69. The molecule has 0 aromatic rings. The average molecular weight is 154 g/mol. The fraction of sp³-hybridized carbons (Fsp3) is 0.750. The first kappa shape index (κ1) is 9.96. The number of carbonyl (C=O) groups is 1. The minimum Gasteiger partial charge on any atom is -0.342 e. The fourth-order valence-corrected chi connectivity index (χ4v) is 0.909. The molecule has 0 heterocycles. The van der Waals surface area contributed by atoms with Crippen LogP contribution in [0.4, 0.5) is 0 Å². The summed E-state index contributed by atoms with van der Waals surface area (Å²) in [5, 5.41) is 8.25. The highest BCUT2D eigenvalue weighted by Gasteiger charge is 2.08. The summed E-state index contributed by atoms with van der Waals surface area (Å²) in [6, 6.07) is 1.85. The molecule has 3 nitrogen and oxygen atoms in total. The molecule has 0 N–H and O–H groups in total. The smallest absolute Gasteiger partial charge is 0.236 e. The lowest BCUT2D eigenvalue weighted by molar-refractivity contribution is -0.129. The summed E-state index contributed by atoms with van der Waals surface area (Å²) in [5.74, 6) is -0.0585. The molecule has 0 rings (SSSR count). The molecule has 0 fully saturated rings. The molecule has 0 radical (unpaired) electrons. The number of nitrogens with zero attached hydrogens (tertiary/aromatic N) is 2. The molecule has 0 aromatic carbocycles. The monoisotopic (exact) mass is 154 g/mol. The van der Waals surface area contributed by atoms with Crippen LogP contribution in [0, 0.1) is 11.3 Å². The van der Waals surface area contributed by atoms with Crippen molar-refractivity contribution in [3.05, 3.63) is 0 Å². The maximum absolute atomic E-state index is 11.1. The number of carbonyl (C=O) groups excluding carboxylic acids is 1. The van der Waals surface area contributed by atoms with Crippen molar-refractivity contribution in [1.82, 2.24) is 4.90 Å². The Morgan fingerprint density at radius 3 is 2.55 bits per heavy atom. The molecular formula is C8H14N2O. The normalized spacial score (nSPS) is 8.82. The van der Waals surface area contributed by atoms with Gasteiger partial charge in [-0.3, -0.25) is 4.79 Å². The van der Waals surface area contributed by atoms with Crippen LogP contribution in [0.1, 0.15) is 26.7 Å². The van der Waals surface area contributed by atoms with Crippen molar-refractivity contribution in [2.45, 2.75) is 26.7 Å². The number of amides is 1. The van der Waals surface area contributed by atoms with Gasteiger partial charge in [-0.15, -0.1) is 0 Å². The van der Waals surface area contributed by atoms with Crippen LogP contribution in [-0.4, -0.2) is 23.9 Å². The summed E-state index contributed by atoms with van der Waals surface area (Å²) in [5.41, 5.74) is 0. The topological polar surface area (TPSA) is 44.1 Å². The van der Waals surface area contributed by atoms with Crippen molar-refractivity contribution in [3.63, 3.8) is 0 Å². The third-order valence-electron chi connectivity index (χ3n) is 1.46. The highest BCUT2D eigenvalue weighted by molar-refractivity contribution is 5.78. The lowest BCUT2D eigenvalue weighted by Crippen LogP contribution is -2.30. The van der Waals surface area contributed by atoms with Gasteiger partial charge in [0.25, 0.3) is 0 Å². The Bertz CT molecular complexity index is 160. The number of nitriles is 1. The SMILES string of the molecule is CCCN(CC)C(=O)CC#N. The van der Waals surface area contributed by atoms with Gasteiger partial charge in [0.2, 0.25) is 5.91 Å². The molecule has 0 saturated heterocycles. The van der Waals surface area contributed by atoms with E-state index in [4.69, 9.17) is 5.26 Å². The van der Waals surface area contributed by atoms with E-state index in [1.165, 1.54) is 0 Å². The first-order chi connectivity index (χ1) is 5.26. The van der Waals surface area contributed by atoms with Crippen LogP contribution in [0.5, 0.6) is 0 Å². The Morgan fingerprint density at radius 2 is 2.18 bits per heavy atom. The number of hydrogen-bond acceptors (Lipinski definition) is 2. The van der Waals surface area contributed by atoms with Gasteiger partial charge < -0.3 is 4.90 Å². The van der Waals surface area contributed by atoms with Crippen LogP contribution in [0.15, 0.2) is 0 Å². The highest BCUT2D eigenvalue weighted by Crippen LogP contribution is 1.94. The first-order valence-corrected chi connectivity index (χ1v) is 3.91. The molecule has 0 bridgehead atoms. The van der Waals surface area contributed by atoms with Crippen LogP contribution in [0.3, 0.4) is 0 Å². The van der Waals surface area contributed by atoms with Crippen LogP contribution in [0.2, 0.25) is 0 Å². The predicted molar refractivity (Wildman–Crippen MR) is 42.8 cm³/mol. The zero-order valence-corrected chi connectivity index (χ0v) is 7.13. The quantitative estimate of drug-likeness (QED) is 0.609. The van der Waals surface area contributed by atoms with E-state index in [-0.39, 0.29) is 12.3 Å². The molecule has 0 saturated carbocycles. The van der Waals surface area contributed by atoms with E-state index in [0.717, 1.165) is 13.0 Å². The van der Waals surface area contributed by atoms with E-state index in [9.17, 15) is 4.79 Å². The van der Waals surface area contributed by atoms with Crippen molar-refractivity contribution in [1.29, 1.82) is 5.26 Å². The summed E-state index contributed by atoms with van der Waals surface area (Å²) >= 11 is 0. The lowest BCUT2D eigenvalue weighted by atomic mass is 10.3. The molecule has 0 aliphatic heterocycles. The van der Waals surface area contributed by atoms with Gasteiger partial charge >= 0.3 is 0 Å². The van der Waals surface area contributed by atoms with Crippen LogP contribution >= 0.6 is 0 Å². The standard InChI is InChI=1S/C8H14N2O/c1-3-7-10(4-2)8(11)5-6-9/h3-5,7H2,1-2H3. The fourth-order valence-electron chi connectivity index (χ4n) is 0.909. The lowest BCUT2D eigenvalue weighted by Gasteiger charge is -2.17. The van der Waals surface area contributed by atoms with E-state index in [2.05, 4.69) is 0 Å². The zero-order valence-electron chi connectivity index (χ0n) is 7.13. The Labute approximate surface area is 67.6 Å². The second-order valence-electron chi connectivity index (χ2n) is 2.31. The van der Waals surface area contributed by atoms with E-state index in [0.29, 0.717) is 6.54 Å². The van der Waals surface area contributed by atoms with Gasteiger partial charge in [-0.1, -0.05) is 6.92 Å². The van der Waals surface area contributed by atoms with Crippen LogP contribution < -0.4 is 0 Å². The van der Waals surface area contributed by atoms with Gasteiger partial charge in [0.1, 0.15) is 6.42 Å². The van der Waals surface area contributed by atoms with E-state index in [1.807, 2.05) is 19.9 Å². The number of hydrogen-bond donors (Lipinski definition) is 0. The van der Waals surface area contributed by atoms with Crippen LogP contribution in [0.25, 0.3) is 0 Å². The van der Waals surface area contributed by atoms with Gasteiger partial charge in [-0.2, -0.15) is 5.26 Å². The second-order valence-corrected chi connectivity index (χ2v) is 2.31. The Hall–Kier alpha value is -1.04. The second kappa shape index (κ2) is 5.72. The molecule has 0 aliphatic rings. The summed E-state index contributed by atoms with van der Waals surface area (Å²) < 4.78 is 0. The van der Waals surface area contributed by atoms with Crippen LogP contribution in [-0.2, 0) is 4.79 Å². The third-order valence-corrected chi connectivity index (χ3v) is 1.46. The molecule has 0 spiro atoms. The molecule has 0 aromatic heterocycles. The van der Waals surface area contributed by atoms with Crippen molar-refractivity contribution >= 4 is 5.91 Å². The van der Waals surface area contributed by atoms with Gasteiger partial charge in [0, 0.05) is 13.1 Å². The molecule has 11 heavy (non-hydrogen) atoms. The van der Waals surface area contributed by atoms with E-state index >= 15 is 0 Å². The maximum atomic E-state index is 11.1. The van der Waals surface area contributed by atoms with Gasteiger partial charge in [0.15, 0.2) is 0 Å². The summed E-state index contributed by atoms with van der Waals surface area (Å²) in [7, 11) is 0. The predicted octanol–water partition coefficient (Wildman–Crippen LogP) is 1.16. The maximum Gasteiger partial charge on any atom is 0.236 e. The van der Waals surface area contributed by atoms with Gasteiger partial charge in [-0.25, -0.2) is 0 Å². The van der Waals surface area contributed by atoms with E-state index in [1.54, 1.807) is 4.90 Å². The van der Waals surface area contributed by atoms with Crippen molar-refractivity contribution in [2.75, 3.05) is 13.1 Å². The Balaban J connectivity index is 3.83. The van der Waals surface area contributed by atoms with Gasteiger partial charge in [0.05, 0.1) is 6.07 Å². The molecule has 0 unspecified atom stereocenters. The largest absolute Gasteiger partial charge is 0.342 e. The van der Waals surface area contributed by atoms with Gasteiger partial charge in [-0.05, 0) is 13.3 Å². The highest BCUT2D eigenvalue weighted by atomic mass is 16.2. The summed E-state index contributed by atoms with van der Waals surface area (Å²) in [4.78, 5) is 12.8. The minimum absolute atomic E-state index is 0.00778. The summed E-state index contributed by atoms with van der Waals surface area (Å²) in [6.07, 6.45) is 0.957. The molecule has 62 valence electrons. The first-order valence-electron chi connectivity index (χ1n) is 3.91. The van der Waals surface area contributed by atoms with Crippen molar-refractivity contribution in [2.24, 2.45) is 0 Å². The van der Waals surface area contributed by atoms with Crippen molar-refractivity contribution < 1.29 is 4.79 Å². The minimum atomic E-state index is -0.0585. The van der Waals surface area contributed by atoms with E-state index < -0.39 is 0 Å². The van der Waals surface area contributed by atoms with Crippen molar-refractivity contribution in [3.8, 4) is 6.07 Å². The Morgan fingerprint density at radius 1 is 1.55 bits per heavy atom. The molecule has 1 amide bonds. The third kappa shape index (κ3) is 3.61. The summed E-state index contributed by atoms with van der Waals surface area (Å²) in [6.45, 7) is 5.40. The Kier molecular flexibility index (Phi) is 5.18.